The Kier molecular flexibility index (Phi) is 6.27. The standard InChI is InChI=1S/C21H27N3O3/c1-24(20(25)17-11-12-18(17)21(26)27)13-7-3-6-10-16-14-19(23-22-16)15-8-4-2-5-9-15/h2,4-5,8-9,14,17-18H,3,6-7,10-13H2,1H3,(H,22,23)(H,26,27). The van der Waals surface area contributed by atoms with E-state index < -0.39 is 11.9 Å². The number of benzene rings is 1. The van der Waals surface area contributed by atoms with E-state index in [9.17, 15) is 9.59 Å². The molecule has 27 heavy (non-hydrogen) atoms. The molecule has 2 aromatic rings. The third-order valence-corrected chi connectivity index (χ3v) is 5.43. The normalized spacial score (nSPS) is 18.7. The van der Waals surface area contributed by atoms with Gasteiger partial charge in [-0.1, -0.05) is 36.8 Å². The van der Waals surface area contributed by atoms with Gasteiger partial charge in [0.2, 0.25) is 5.91 Å². The van der Waals surface area contributed by atoms with E-state index in [2.05, 4.69) is 16.3 Å². The number of amides is 1. The van der Waals surface area contributed by atoms with Gasteiger partial charge in [0.15, 0.2) is 0 Å². The van der Waals surface area contributed by atoms with Gasteiger partial charge in [-0.05, 0) is 38.2 Å². The minimum Gasteiger partial charge on any atom is -0.481 e. The summed E-state index contributed by atoms with van der Waals surface area (Å²) in [7, 11) is 1.78. The van der Waals surface area contributed by atoms with Gasteiger partial charge in [0.25, 0.3) is 0 Å². The number of carbonyl (C=O) groups excluding carboxylic acids is 1. The fourth-order valence-corrected chi connectivity index (χ4v) is 3.57. The molecule has 1 aliphatic carbocycles. The highest BCUT2D eigenvalue weighted by molar-refractivity contribution is 5.86. The molecule has 3 rings (SSSR count). The number of H-pyrrole nitrogens is 1. The average molecular weight is 369 g/mol. The smallest absolute Gasteiger partial charge is 0.307 e. The van der Waals surface area contributed by atoms with E-state index in [0.717, 1.165) is 42.6 Å². The van der Waals surface area contributed by atoms with Gasteiger partial charge in [-0.25, -0.2) is 0 Å². The molecule has 1 aromatic carbocycles. The second-order valence-corrected chi connectivity index (χ2v) is 7.34. The fraction of sp³-hybridized carbons (Fsp3) is 0.476. The molecule has 1 aliphatic rings. The Morgan fingerprint density at radius 1 is 1.15 bits per heavy atom. The molecule has 0 saturated heterocycles. The van der Waals surface area contributed by atoms with Gasteiger partial charge in [0.05, 0.1) is 17.5 Å². The minimum atomic E-state index is -0.845. The van der Waals surface area contributed by atoms with Crippen LogP contribution in [0.25, 0.3) is 11.3 Å². The van der Waals surface area contributed by atoms with Crippen LogP contribution in [-0.2, 0) is 16.0 Å². The second-order valence-electron chi connectivity index (χ2n) is 7.34. The molecule has 144 valence electrons. The van der Waals surface area contributed by atoms with Crippen LogP contribution in [0.2, 0.25) is 0 Å². The number of carboxylic acids is 1. The van der Waals surface area contributed by atoms with Crippen LogP contribution in [0, 0.1) is 11.8 Å². The van der Waals surface area contributed by atoms with E-state index in [4.69, 9.17) is 5.11 Å². The maximum absolute atomic E-state index is 12.3. The quantitative estimate of drug-likeness (QED) is 0.664. The Morgan fingerprint density at radius 3 is 2.56 bits per heavy atom. The van der Waals surface area contributed by atoms with Crippen molar-refractivity contribution in [1.82, 2.24) is 15.1 Å². The molecule has 0 bridgehead atoms. The number of aromatic amines is 1. The number of hydrogen-bond donors (Lipinski definition) is 2. The summed E-state index contributed by atoms with van der Waals surface area (Å²) in [5.74, 6) is -1.68. The molecule has 0 radical (unpaired) electrons. The summed E-state index contributed by atoms with van der Waals surface area (Å²) in [6.07, 6.45) is 5.22. The number of nitrogens with zero attached hydrogens (tertiary/aromatic N) is 2. The summed E-state index contributed by atoms with van der Waals surface area (Å²) >= 11 is 0. The summed E-state index contributed by atoms with van der Waals surface area (Å²) in [5.41, 5.74) is 3.19. The molecule has 0 spiro atoms. The maximum Gasteiger partial charge on any atom is 0.307 e. The molecule has 1 heterocycles. The molecule has 6 nitrogen and oxygen atoms in total. The van der Waals surface area contributed by atoms with Gasteiger partial charge in [-0.3, -0.25) is 14.7 Å². The molecule has 2 atom stereocenters. The molecule has 6 heteroatoms. The number of carboxylic acid groups (broad SMARTS) is 1. The molecule has 1 saturated carbocycles. The summed E-state index contributed by atoms with van der Waals surface area (Å²) < 4.78 is 0. The lowest BCUT2D eigenvalue weighted by Crippen LogP contribution is -2.45. The Balaban J connectivity index is 1.35. The van der Waals surface area contributed by atoms with E-state index in [1.54, 1.807) is 11.9 Å². The summed E-state index contributed by atoms with van der Waals surface area (Å²) in [6, 6.07) is 12.2. The predicted molar refractivity (Wildman–Crippen MR) is 103 cm³/mol. The van der Waals surface area contributed by atoms with Crippen molar-refractivity contribution < 1.29 is 14.7 Å². The highest BCUT2D eigenvalue weighted by atomic mass is 16.4. The highest BCUT2D eigenvalue weighted by Crippen LogP contribution is 2.35. The summed E-state index contributed by atoms with van der Waals surface area (Å²) in [5, 5.41) is 16.5. The van der Waals surface area contributed by atoms with E-state index >= 15 is 0 Å². The van der Waals surface area contributed by atoms with Gasteiger partial charge < -0.3 is 10.0 Å². The first-order valence-electron chi connectivity index (χ1n) is 9.63. The summed E-state index contributed by atoms with van der Waals surface area (Å²) in [6.45, 7) is 0.680. The molecular weight excluding hydrogens is 342 g/mol. The van der Waals surface area contributed by atoms with Crippen molar-refractivity contribution in [2.45, 2.75) is 38.5 Å². The van der Waals surface area contributed by atoms with Gasteiger partial charge in [-0.2, -0.15) is 5.10 Å². The van der Waals surface area contributed by atoms with E-state index in [1.807, 2.05) is 30.3 Å². The Hall–Kier alpha value is -2.63. The lowest BCUT2D eigenvalue weighted by Gasteiger charge is -2.35. The molecule has 1 fully saturated rings. The number of nitrogens with one attached hydrogen (secondary N) is 1. The van der Waals surface area contributed by atoms with Crippen molar-refractivity contribution in [1.29, 1.82) is 0 Å². The zero-order valence-electron chi connectivity index (χ0n) is 15.7. The summed E-state index contributed by atoms with van der Waals surface area (Å²) in [4.78, 5) is 25.1. The first-order chi connectivity index (χ1) is 13.1. The number of carbonyl (C=O) groups is 2. The lowest BCUT2D eigenvalue weighted by atomic mass is 9.73. The zero-order valence-corrected chi connectivity index (χ0v) is 15.7. The first kappa shape index (κ1) is 19.1. The third kappa shape index (κ3) is 4.76. The SMILES string of the molecule is CN(CCCCCc1cc(-c2ccccc2)n[nH]1)C(=O)C1CCC1C(=O)O. The van der Waals surface area contributed by atoms with Crippen LogP contribution >= 0.6 is 0 Å². The van der Waals surface area contributed by atoms with Crippen molar-refractivity contribution in [2.24, 2.45) is 11.8 Å². The molecule has 1 amide bonds. The van der Waals surface area contributed by atoms with Crippen molar-refractivity contribution in [3.63, 3.8) is 0 Å². The van der Waals surface area contributed by atoms with Gasteiger partial charge >= 0.3 is 5.97 Å². The van der Waals surface area contributed by atoms with E-state index in [-0.39, 0.29) is 11.8 Å². The number of hydrogen-bond acceptors (Lipinski definition) is 3. The molecule has 0 aliphatic heterocycles. The fourth-order valence-electron chi connectivity index (χ4n) is 3.57. The predicted octanol–water partition coefficient (Wildman–Crippen LogP) is 3.36. The number of aromatic nitrogens is 2. The lowest BCUT2D eigenvalue weighted by molar-refractivity contribution is -0.156. The van der Waals surface area contributed by atoms with Crippen molar-refractivity contribution in [3.05, 3.63) is 42.1 Å². The van der Waals surface area contributed by atoms with Crippen LogP contribution in [0.4, 0.5) is 0 Å². The van der Waals surface area contributed by atoms with Crippen LogP contribution in [0.1, 0.15) is 37.8 Å². The number of aryl methyl sites for hydroxylation is 1. The topological polar surface area (TPSA) is 86.3 Å². The Bertz CT molecular complexity index is 772. The largest absolute Gasteiger partial charge is 0.481 e. The second kappa shape index (κ2) is 8.84. The van der Waals surface area contributed by atoms with Crippen molar-refractivity contribution in [3.8, 4) is 11.3 Å². The molecule has 2 unspecified atom stereocenters. The molecular formula is C21H27N3O3. The van der Waals surface area contributed by atoms with Crippen LogP contribution < -0.4 is 0 Å². The van der Waals surface area contributed by atoms with Crippen LogP contribution in [0.5, 0.6) is 0 Å². The van der Waals surface area contributed by atoms with Crippen LogP contribution in [0.3, 0.4) is 0 Å². The average Bonchev–Trinajstić information content (AvgIpc) is 3.09. The van der Waals surface area contributed by atoms with E-state index in [0.29, 0.717) is 19.4 Å². The monoisotopic (exact) mass is 369 g/mol. The maximum atomic E-state index is 12.3. The van der Waals surface area contributed by atoms with E-state index in [1.165, 1.54) is 0 Å². The number of aliphatic carboxylic acids is 1. The Labute approximate surface area is 159 Å². The third-order valence-electron chi connectivity index (χ3n) is 5.43. The number of unbranched alkanes of at least 4 members (excludes halogenated alkanes) is 2. The highest BCUT2D eigenvalue weighted by Gasteiger charge is 2.42. The van der Waals surface area contributed by atoms with Gasteiger partial charge in [0, 0.05) is 24.8 Å². The van der Waals surface area contributed by atoms with Crippen molar-refractivity contribution >= 4 is 11.9 Å². The van der Waals surface area contributed by atoms with Gasteiger partial charge in [0.1, 0.15) is 0 Å². The molecule has 2 N–H and O–H groups in total. The van der Waals surface area contributed by atoms with Crippen LogP contribution in [-0.4, -0.2) is 45.7 Å². The molecule has 1 aromatic heterocycles. The minimum absolute atomic E-state index is 0.0188. The zero-order chi connectivity index (χ0) is 19.2. The first-order valence-corrected chi connectivity index (χ1v) is 9.63. The van der Waals surface area contributed by atoms with Crippen LogP contribution in [0.15, 0.2) is 36.4 Å². The number of rotatable bonds is 9. The van der Waals surface area contributed by atoms with Crippen molar-refractivity contribution in [2.75, 3.05) is 13.6 Å². The van der Waals surface area contributed by atoms with Gasteiger partial charge in [-0.15, -0.1) is 0 Å². The Morgan fingerprint density at radius 2 is 1.89 bits per heavy atom.